The Morgan fingerprint density at radius 1 is 1.62 bits per heavy atom. The molecule has 0 radical (unpaired) electrons. The van der Waals surface area contributed by atoms with Crippen LogP contribution in [-0.2, 0) is 0 Å². The van der Waals surface area contributed by atoms with Gasteiger partial charge in [-0.25, -0.2) is 4.98 Å². The molecule has 0 spiro atoms. The molecule has 1 aliphatic carbocycles. The summed E-state index contributed by atoms with van der Waals surface area (Å²) >= 11 is 0. The number of nitrogens with two attached hydrogens (primary N) is 1. The van der Waals surface area contributed by atoms with Gasteiger partial charge in [-0.05, 0) is 24.8 Å². The standard InChI is InChI=1S/C10H11N3/c11-6-9-8(2-1-5-13-9)10(12)7-3-4-7/h1-2,5,7,10H,3-4,12H2. The lowest BCUT2D eigenvalue weighted by molar-refractivity contribution is 0.629. The summed E-state index contributed by atoms with van der Waals surface area (Å²) in [7, 11) is 0. The average Bonchev–Trinajstić information content (AvgIpc) is 3.00. The van der Waals surface area contributed by atoms with E-state index in [1.54, 1.807) is 6.20 Å². The molecule has 1 fully saturated rings. The van der Waals surface area contributed by atoms with E-state index in [4.69, 9.17) is 11.0 Å². The van der Waals surface area contributed by atoms with Crippen molar-refractivity contribution in [3.63, 3.8) is 0 Å². The molecule has 1 atom stereocenters. The van der Waals surface area contributed by atoms with Gasteiger partial charge >= 0.3 is 0 Å². The summed E-state index contributed by atoms with van der Waals surface area (Å²) in [6.45, 7) is 0. The Balaban J connectivity index is 2.32. The van der Waals surface area contributed by atoms with Gasteiger partial charge in [0.15, 0.2) is 0 Å². The Morgan fingerprint density at radius 2 is 2.38 bits per heavy atom. The van der Waals surface area contributed by atoms with Gasteiger partial charge in [0.2, 0.25) is 0 Å². The quantitative estimate of drug-likeness (QED) is 0.734. The highest BCUT2D eigenvalue weighted by molar-refractivity contribution is 5.33. The molecule has 3 heteroatoms. The maximum absolute atomic E-state index is 8.80. The van der Waals surface area contributed by atoms with E-state index in [2.05, 4.69) is 11.1 Å². The number of rotatable bonds is 2. The summed E-state index contributed by atoms with van der Waals surface area (Å²) in [4.78, 5) is 3.99. The summed E-state index contributed by atoms with van der Waals surface area (Å²) in [6.07, 6.45) is 3.99. The minimum absolute atomic E-state index is 0.00310. The van der Waals surface area contributed by atoms with E-state index >= 15 is 0 Å². The van der Waals surface area contributed by atoms with Crippen LogP contribution in [0.25, 0.3) is 0 Å². The maximum atomic E-state index is 8.80. The van der Waals surface area contributed by atoms with E-state index < -0.39 is 0 Å². The zero-order valence-electron chi connectivity index (χ0n) is 7.27. The topological polar surface area (TPSA) is 62.7 Å². The van der Waals surface area contributed by atoms with Crippen LogP contribution in [0.5, 0.6) is 0 Å². The van der Waals surface area contributed by atoms with Gasteiger partial charge in [0.05, 0.1) is 0 Å². The van der Waals surface area contributed by atoms with E-state index in [9.17, 15) is 0 Å². The normalized spacial score (nSPS) is 17.8. The highest BCUT2D eigenvalue weighted by Gasteiger charge is 2.30. The number of hydrogen-bond acceptors (Lipinski definition) is 3. The highest BCUT2D eigenvalue weighted by Crippen LogP contribution is 2.39. The van der Waals surface area contributed by atoms with Crippen LogP contribution in [0.15, 0.2) is 18.3 Å². The van der Waals surface area contributed by atoms with Gasteiger partial charge in [-0.2, -0.15) is 5.26 Å². The van der Waals surface area contributed by atoms with Crippen LogP contribution in [0.3, 0.4) is 0 Å². The van der Waals surface area contributed by atoms with Crippen molar-refractivity contribution in [1.82, 2.24) is 4.98 Å². The Labute approximate surface area is 77.2 Å². The first-order valence-electron chi connectivity index (χ1n) is 4.43. The molecular formula is C10H11N3. The van der Waals surface area contributed by atoms with Gasteiger partial charge in [-0.3, -0.25) is 0 Å². The number of aromatic nitrogens is 1. The smallest absolute Gasteiger partial charge is 0.145 e. The zero-order chi connectivity index (χ0) is 9.26. The first kappa shape index (κ1) is 8.21. The summed E-state index contributed by atoms with van der Waals surface area (Å²) in [5.41, 5.74) is 7.36. The van der Waals surface area contributed by atoms with E-state index in [1.165, 1.54) is 12.8 Å². The van der Waals surface area contributed by atoms with Crippen LogP contribution >= 0.6 is 0 Å². The Morgan fingerprint density at radius 3 is 3.00 bits per heavy atom. The van der Waals surface area contributed by atoms with Crippen LogP contribution in [0.1, 0.15) is 30.1 Å². The number of hydrogen-bond donors (Lipinski definition) is 1. The van der Waals surface area contributed by atoms with Crippen molar-refractivity contribution in [1.29, 1.82) is 5.26 Å². The van der Waals surface area contributed by atoms with Gasteiger partial charge < -0.3 is 5.73 Å². The SMILES string of the molecule is N#Cc1ncccc1C(N)C1CC1. The molecule has 0 amide bonds. The van der Waals surface area contributed by atoms with Crippen molar-refractivity contribution >= 4 is 0 Å². The highest BCUT2D eigenvalue weighted by atomic mass is 14.7. The Kier molecular flexibility index (Phi) is 1.99. The molecule has 66 valence electrons. The minimum Gasteiger partial charge on any atom is -0.324 e. The average molecular weight is 173 g/mol. The van der Waals surface area contributed by atoms with Crippen LogP contribution in [-0.4, -0.2) is 4.98 Å². The van der Waals surface area contributed by atoms with Crippen LogP contribution in [0.4, 0.5) is 0 Å². The van der Waals surface area contributed by atoms with Crippen molar-refractivity contribution < 1.29 is 0 Å². The molecule has 1 aromatic rings. The Hall–Kier alpha value is -1.40. The van der Waals surface area contributed by atoms with Gasteiger partial charge in [0.25, 0.3) is 0 Å². The molecule has 0 aromatic carbocycles. The second kappa shape index (κ2) is 3.15. The first-order chi connectivity index (χ1) is 6.33. The molecule has 2 N–H and O–H groups in total. The third-order valence-corrected chi connectivity index (χ3v) is 2.43. The molecule has 1 aliphatic rings. The summed E-state index contributed by atoms with van der Waals surface area (Å²) in [5, 5.41) is 8.80. The fourth-order valence-electron chi connectivity index (χ4n) is 1.49. The molecule has 13 heavy (non-hydrogen) atoms. The lowest BCUT2D eigenvalue weighted by atomic mass is 10.0. The van der Waals surface area contributed by atoms with E-state index in [0.29, 0.717) is 11.6 Å². The van der Waals surface area contributed by atoms with E-state index in [-0.39, 0.29) is 6.04 Å². The fraction of sp³-hybridized carbons (Fsp3) is 0.400. The van der Waals surface area contributed by atoms with Gasteiger partial charge in [0, 0.05) is 17.8 Å². The van der Waals surface area contributed by atoms with E-state index in [0.717, 1.165) is 5.56 Å². The van der Waals surface area contributed by atoms with E-state index in [1.807, 2.05) is 12.1 Å². The largest absolute Gasteiger partial charge is 0.324 e. The summed E-state index contributed by atoms with van der Waals surface area (Å²) in [5.74, 6) is 0.566. The summed E-state index contributed by atoms with van der Waals surface area (Å²) < 4.78 is 0. The molecule has 0 bridgehead atoms. The molecule has 1 heterocycles. The molecule has 0 saturated heterocycles. The first-order valence-corrected chi connectivity index (χ1v) is 4.43. The molecule has 3 nitrogen and oxygen atoms in total. The predicted octanol–water partition coefficient (Wildman–Crippen LogP) is 1.36. The van der Waals surface area contributed by atoms with Crippen LogP contribution < -0.4 is 5.73 Å². The molecule has 1 aromatic heterocycles. The Bertz CT molecular complexity index is 349. The van der Waals surface area contributed by atoms with Gasteiger partial charge in [-0.1, -0.05) is 6.07 Å². The van der Waals surface area contributed by atoms with Crippen molar-refractivity contribution in [3.05, 3.63) is 29.6 Å². The van der Waals surface area contributed by atoms with Gasteiger partial charge in [-0.15, -0.1) is 0 Å². The third-order valence-electron chi connectivity index (χ3n) is 2.43. The lowest BCUT2D eigenvalue weighted by Crippen LogP contribution is -2.14. The second-order valence-corrected chi connectivity index (χ2v) is 3.42. The zero-order valence-corrected chi connectivity index (χ0v) is 7.27. The molecule has 0 aliphatic heterocycles. The van der Waals surface area contributed by atoms with Crippen molar-refractivity contribution in [2.75, 3.05) is 0 Å². The third kappa shape index (κ3) is 1.53. The minimum atomic E-state index is 0.00310. The van der Waals surface area contributed by atoms with Crippen LogP contribution in [0, 0.1) is 17.2 Å². The molecule has 1 saturated carbocycles. The van der Waals surface area contributed by atoms with Gasteiger partial charge in [0.1, 0.15) is 11.8 Å². The second-order valence-electron chi connectivity index (χ2n) is 3.42. The predicted molar refractivity (Wildman–Crippen MR) is 48.6 cm³/mol. The summed E-state index contributed by atoms with van der Waals surface area (Å²) in [6, 6.07) is 5.80. The van der Waals surface area contributed by atoms with Crippen molar-refractivity contribution in [2.24, 2.45) is 11.7 Å². The maximum Gasteiger partial charge on any atom is 0.145 e. The van der Waals surface area contributed by atoms with Crippen LogP contribution in [0.2, 0.25) is 0 Å². The number of nitriles is 1. The van der Waals surface area contributed by atoms with Crippen molar-refractivity contribution in [2.45, 2.75) is 18.9 Å². The molecular weight excluding hydrogens is 162 g/mol. The van der Waals surface area contributed by atoms with Crippen molar-refractivity contribution in [3.8, 4) is 6.07 Å². The monoisotopic (exact) mass is 173 g/mol. The lowest BCUT2D eigenvalue weighted by Gasteiger charge is -2.10. The number of pyridine rings is 1. The molecule has 1 unspecified atom stereocenters. The fourth-order valence-corrected chi connectivity index (χ4v) is 1.49. The number of nitrogens with zero attached hydrogens (tertiary/aromatic N) is 2. The molecule has 2 rings (SSSR count).